The Labute approximate surface area is 127 Å². The van der Waals surface area contributed by atoms with Crippen LogP contribution in [-0.2, 0) is 11.2 Å². The summed E-state index contributed by atoms with van der Waals surface area (Å²) < 4.78 is 6.36. The van der Waals surface area contributed by atoms with Crippen LogP contribution in [0.25, 0.3) is 0 Å². The molecule has 0 radical (unpaired) electrons. The summed E-state index contributed by atoms with van der Waals surface area (Å²) in [7, 11) is 0. The normalized spacial score (nSPS) is 10.1. The third-order valence-corrected chi connectivity index (χ3v) is 3.28. The molecule has 1 N–H and O–H groups in total. The van der Waals surface area contributed by atoms with Crippen LogP contribution in [0, 0.1) is 0 Å². The van der Waals surface area contributed by atoms with E-state index in [9.17, 15) is 4.79 Å². The highest BCUT2D eigenvalue weighted by Gasteiger charge is 2.04. The van der Waals surface area contributed by atoms with E-state index in [1.165, 1.54) is 5.56 Å². The summed E-state index contributed by atoms with van der Waals surface area (Å²) in [4.78, 5) is 11.8. The van der Waals surface area contributed by atoms with Gasteiger partial charge in [-0.2, -0.15) is 0 Å². The van der Waals surface area contributed by atoms with Gasteiger partial charge in [0.05, 0.1) is 0 Å². The zero-order valence-corrected chi connectivity index (χ0v) is 12.8. The first-order valence-corrected chi connectivity index (χ1v) is 7.24. The van der Waals surface area contributed by atoms with E-state index in [0.29, 0.717) is 5.75 Å². The van der Waals surface area contributed by atoms with Gasteiger partial charge in [-0.15, -0.1) is 0 Å². The first kappa shape index (κ1) is 14.6. The molecule has 2 aromatic rings. The minimum absolute atomic E-state index is 0.00714. The molecule has 0 aliphatic rings. The van der Waals surface area contributed by atoms with Crippen molar-refractivity contribution in [3.8, 4) is 5.75 Å². The number of ether oxygens (including phenoxy) is 1. The van der Waals surface area contributed by atoms with Crippen molar-refractivity contribution in [2.45, 2.75) is 13.3 Å². The molecule has 0 aliphatic heterocycles. The van der Waals surface area contributed by atoms with Crippen molar-refractivity contribution >= 4 is 27.5 Å². The van der Waals surface area contributed by atoms with Gasteiger partial charge in [0, 0.05) is 10.2 Å². The molecule has 0 saturated heterocycles. The molecule has 0 aliphatic carbocycles. The summed E-state index contributed by atoms with van der Waals surface area (Å²) in [5.74, 6) is 0.495. The maximum atomic E-state index is 11.8. The molecule has 3 nitrogen and oxygen atoms in total. The number of halogens is 1. The average molecular weight is 334 g/mol. The molecule has 2 aromatic carbocycles. The van der Waals surface area contributed by atoms with Crippen molar-refractivity contribution in [1.82, 2.24) is 0 Å². The van der Waals surface area contributed by atoms with Gasteiger partial charge in [-0.25, -0.2) is 0 Å². The standard InChI is InChI=1S/C16H16BrNO2/c1-2-12-5-3-7-14(9-12)18-16(19)11-20-15-8-4-6-13(17)10-15/h3-10H,2,11H2,1H3,(H,18,19). The van der Waals surface area contributed by atoms with Gasteiger partial charge < -0.3 is 10.1 Å². The summed E-state index contributed by atoms with van der Waals surface area (Å²) in [6, 6.07) is 15.2. The highest BCUT2D eigenvalue weighted by molar-refractivity contribution is 9.10. The summed E-state index contributed by atoms with van der Waals surface area (Å²) in [6.45, 7) is 2.07. The first-order chi connectivity index (χ1) is 9.67. The van der Waals surface area contributed by atoms with E-state index in [1.54, 1.807) is 0 Å². The summed E-state index contributed by atoms with van der Waals surface area (Å²) in [6.07, 6.45) is 0.943. The van der Waals surface area contributed by atoms with Gasteiger partial charge in [0.25, 0.3) is 5.91 Å². The minimum Gasteiger partial charge on any atom is -0.484 e. The smallest absolute Gasteiger partial charge is 0.262 e. The van der Waals surface area contributed by atoms with Gasteiger partial charge >= 0.3 is 0 Å². The number of anilines is 1. The Bertz CT molecular complexity index is 599. The molecule has 0 unspecified atom stereocenters. The maximum Gasteiger partial charge on any atom is 0.262 e. The van der Waals surface area contributed by atoms with E-state index < -0.39 is 0 Å². The SMILES string of the molecule is CCc1cccc(NC(=O)COc2cccc(Br)c2)c1. The fourth-order valence-corrected chi connectivity index (χ4v) is 2.15. The van der Waals surface area contributed by atoms with Crippen LogP contribution >= 0.6 is 15.9 Å². The fraction of sp³-hybridized carbons (Fsp3) is 0.188. The van der Waals surface area contributed by atoms with Gasteiger partial charge in [0.2, 0.25) is 0 Å². The van der Waals surface area contributed by atoms with Gasteiger partial charge in [0.1, 0.15) is 5.75 Å². The van der Waals surface area contributed by atoms with Crippen molar-refractivity contribution in [3.63, 3.8) is 0 Å². The topological polar surface area (TPSA) is 38.3 Å². The summed E-state index contributed by atoms with van der Waals surface area (Å²) in [5.41, 5.74) is 1.99. The van der Waals surface area contributed by atoms with Crippen molar-refractivity contribution < 1.29 is 9.53 Å². The molecule has 0 fully saturated rings. The van der Waals surface area contributed by atoms with Crippen LogP contribution in [0.2, 0.25) is 0 Å². The Morgan fingerprint density at radius 3 is 2.75 bits per heavy atom. The molecule has 20 heavy (non-hydrogen) atoms. The van der Waals surface area contributed by atoms with E-state index >= 15 is 0 Å². The molecule has 0 saturated carbocycles. The Hall–Kier alpha value is -1.81. The van der Waals surface area contributed by atoms with Crippen LogP contribution in [0.4, 0.5) is 5.69 Å². The quantitative estimate of drug-likeness (QED) is 0.897. The van der Waals surface area contributed by atoms with Crippen molar-refractivity contribution in [3.05, 3.63) is 58.6 Å². The molecule has 4 heteroatoms. The molecule has 0 bridgehead atoms. The molecular formula is C16H16BrNO2. The Balaban J connectivity index is 1.89. The molecule has 0 atom stereocenters. The fourth-order valence-electron chi connectivity index (χ4n) is 1.77. The van der Waals surface area contributed by atoms with E-state index in [4.69, 9.17) is 4.74 Å². The summed E-state index contributed by atoms with van der Waals surface area (Å²) >= 11 is 3.36. The lowest BCUT2D eigenvalue weighted by molar-refractivity contribution is -0.118. The van der Waals surface area contributed by atoms with Gasteiger partial charge in [-0.1, -0.05) is 41.1 Å². The highest BCUT2D eigenvalue weighted by atomic mass is 79.9. The van der Waals surface area contributed by atoms with Crippen molar-refractivity contribution in [2.75, 3.05) is 11.9 Å². The lowest BCUT2D eigenvalue weighted by Gasteiger charge is -2.08. The Morgan fingerprint density at radius 1 is 1.20 bits per heavy atom. The zero-order chi connectivity index (χ0) is 14.4. The van der Waals surface area contributed by atoms with E-state index in [1.807, 2.05) is 48.5 Å². The maximum absolute atomic E-state index is 11.8. The van der Waals surface area contributed by atoms with Gasteiger partial charge in [0.15, 0.2) is 6.61 Å². The van der Waals surface area contributed by atoms with Crippen LogP contribution in [-0.4, -0.2) is 12.5 Å². The lowest BCUT2D eigenvalue weighted by Crippen LogP contribution is -2.20. The average Bonchev–Trinajstić information content (AvgIpc) is 2.45. The van der Waals surface area contributed by atoms with Gasteiger partial charge in [-0.05, 0) is 42.3 Å². The summed E-state index contributed by atoms with van der Waals surface area (Å²) in [5, 5.41) is 2.83. The number of nitrogens with one attached hydrogen (secondary N) is 1. The number of aryl methyl sites for hydroxylation is 1. The molecule has 0 spiro atoms. The monoisotopic (exact) mass is 333 g/mol. The second-order valence-corrected chi connectivity index (χ2v) is 5.26. The van der Waals surface area contributed by atoms with Crippen LogP contribution in [0.5, 0.6) is 5.75 Å². The van der Waals surface area contributed by atoms with E-state index in [2.05, 4.69) is 28.2 Å². The third kappa shape index (κ3) is 4.38. The van der Waals surface area contributed by atoms with Crippen LogP contribution in [0.1, 0.15) is 12.5 Å². The number of carbonyl (C=O) groups is 1. The number of benzene rings is 2. The first-order valence-electron chi connectivity index (χ1n) is 6.44. The van der Waals surface area contributed by atoms with E-state index in [0.717, 1.165) is 16.6 Å². The number of rotatable bonds is 5. The highest BCUT2D eigenvalue weighted by Crippen LogP contribution is 2.17. The lowest BCUT2D eigenvalue weighted by atomic mass is 10.1. The Kier molecular flexibility index (Phi) is 5.18. The van der Waals surface area contributed by atoms with Crippen molar-refractivity contribution in [1.29, 1.82) is 0 Å². The molecule has 0 aromatic heterocycles. The molecular weight excluding hydrogens is 318 g/mol. The van der Waals surface area contributed by atoms with Crippen LogP contribution < -0.4 is 10.1 Å². The number of hydrogen-bond acceptors (Lipinski definition) is 2. The molecule has 104 valence electrons. The minimum atomic E-state index is -0.168. The molecule has 2 rings (SSSR count). The second kappa shape index (κ2) is 7.10. The molecule has 0 heterocycles. The second-order valence-electron chi connectivity index (χ2n) is 4.35. The largest absolute Gasteiger partial charge is 0.484 e. The zero-order valence-electron chi connectivity index (χ0n) is 11.2. The Morgan fingerprint density at radius 2 is 2.00 bits per heavy atom. The number of amides is 1. The van der Waals surface area contributed by atoms with E-state index in [-0.39, 0.29) is 12.5 Å². The number of hydrogen-bond donors (Lipinski definition) is 1. The number of carbonyl (C=O) groups excluding carboxylic acids is 1. The van der Waals surface area contributed by atoms with Crippen LogP contribution in [0.3, 0.4) is 0 Å². The predicted octanol–water partition coefficient (Wildman–Crippen LogP) is 4.03. The van der Waals surface area contributed by atoms with Crippen molar-refractivity contribution in [2.24, 2.45) is 0 Å². The third-order valence-electron chi connectivity index (χ3n) is 2.78. The molecule has 1 amide bonds. The van der Waals surface area contributed by atoms with Gasteiger partial charge in [-0.3, -0.25) is 4.79 Å². The predicted molar refractivity (Wildman–Crippen MR) is 84.1 cm³/mol. The van der Waals surface area contributed by atoms with Crippen LogP contribution in [0.15, 0.2) is 53.0 Å².